The Morgan fingerprint density at radius 1 is 1.08 bits per heavy atom. The molecule has 6 heteroatoms. The van der Waals surface area contributed by atoms with E-state index >= 15 is 0 Å². The van der Waals surface area contributed by atoms with Gasteiger partial charge >= 0.3 is 0 Å². The van der Waals surface area contributed by atoms with Crippen molar-refractivity contribution in [1.82, 2.24) is 4.90 Å². The summed E-state index contributed by atoms with van der Waals surface area (Å²) in [6.07, 6.45) is 0.720. The Balaban J connectivity index is 1.87. The molecule has 0 saturated heterocycles. The van der Waals surface area contributed by atoms with Crippen LogP contribution in [0.4, 0.5) is 4.39 Å². The van der Waals surface area contributed by atoms with Crippen molar-refractivity contribution >= 4 is 21.8 Å². The van der Waals surface area contributed by atoms with E-state index in [0.717, 1.165) is 17.5 Å². The van der Waals surface area contributed by atoms with Crippen LogP contribution in [0.25, 0.3) is 0 Å². The van der Waals surface area contributed by atoms with E-state index in [1.807, 2.05) is 12.1 Å². The molecule has 0 saturated carbocycles. The Bertz CT molecular complexity index is 774. The largest absolute Gasteiger partial charge is 0.493 e. The van der Waals surface area contributed by atoms with E-state index in [-0.39, 0.29) is 5.91 Å². The van der Waals surface area contributed by atoms with Crippen molar-refractivity contribution in [1.29, 1.82) is 0 Å². The van der Waals surface area contributed by atoms with Crippen LogP contribution in [0.1, 0.15) is 21.5 Å². The van der Waals surface area contributed by atoms with Gasteiger partial charge in [0.25, 0.3) is 5.91 Å². The number of hydrogen-bond donors (Lipinski definition) is 0. The second kappa shape index (κ2) is 6.81. The van der Waals surface area contributed by atoms with Crippen molar-refractivity contribution in [2.24, 2.45) is 0 Å². The van der Waals surface area contributed by atoms with Crippen LogP contribution in [-0.4, -0.2) is 31.6 Å². The molecule has 2 aromatic rings. The number of nitrogens with zero attached hydrogens (tertiary/aromatic N) is 1. The summed E-state index contributed by atoms with van der Waals surface area (Å²) in [7, 11) is 3.19. The molecule has 0 aliphatic carbocycles. The summed E-state index contributed by atoms with van der Waals surface area (Å²) >= 11 is 3.22. The van der Waals surface area contributed by atoms with Crippen molar-refractivity contribution in [2.45, 2.75) is 13.0 Å². The van der Waals surface area contributed by atoms with Crippen LogP contribution in [0, 0.1) is 5.82 Å². The van der Waals surface area contributed by atoms with Crippen LogP contribution in [0.2, 0.25) is 0 Å². The summed E-state index contributed by atoms with van der Waals surface area (Å²) in [4.78, 5) is 14.4. The average Bonchev–Trinajstić information content (AvgIpc) is 2.58. The molecule has 3 rings (SSSR count). The van der Waals surface area contributed by atoms with Crippen molar-refractivity contribution in [3.05, 3.63) is 57.3 Å². The van der Waals surface area contributed by atoms with Crippen molar-refractivity contribution in [3.8, 4) is 11.5 Å². The highest BCUT2D eigenvalue weighted by Gasteiger charge is 2.24. The van der Waals surface area contributed by atoms with Crippen molar-refractivity contribution < 1.29 is 18.7 Å². The lowest BCUT2D eigenvalue weighted by Crippen LogP contribution is -2.36. The SMILES string of the molecule is COc1cc2c(cc1OC)CN(C(=O)c1cc(F)cc(Br)c1)CC2. The van der Waals surface area contributed by atoms with Crippen molar-refractivity contribution in [2.75, 3.05) is 20.8 Å². The van der Waals surface area contributed by atoms with Gasteiger partial charge < -0.3 is 14.4 Å². The number of benzene rings is 2. The van der Waals surface area contributed by atoms with E-state index in [9.17, 15) is 9.18 Å². The molecular weight excluding hydrogens is 377 g/mol. The Hall–Kier alpha value is -2.08. The minimum atomic E-state index is -0.434. The first-order valence-corrected chi connectivity index (χ1v) is 8.30. The summed E-state index contributed by atoms with van der Waals surface area (Å²) in [5.41, 5.74) is 2.49. The molecule has 0 unspecified atom stereocenters. The monoisotopic (exact) mass is 393 g/mol. The van der Waals surface area contributed by atoms with Gasteiger partial charge in [0.1, 0.15) is 5.82 Å². The van der Waals surface area contributed by atoms with Crippen molar-refractivity contribution in [3.63, 3.8) is 0 Å². The molecule has 24 heavy (non-hydrogen) atoms. The molecule has 2 aromatic carbocycles. The minimum absolute atomic E-state index is 0.185. The predicted molar refractivity (Wildman–Crippen MR) is 92.1 cm³/mol. The Labute approximate surface area is 148 Å². The Kier molecular flexibility index (Phi) is 4.76. The van der Waals surface area contributed by atoms with Gasteiger partial charge in [0.15, 0.2) is 11.5 Å². The van der Waals surface area contributed by atoms with Gasteiger partial charge in [-0.2, -0.15) is 0 Å². The molecule has 0 fully saturated rings. The molecule has 1 heterocycles. The first-order chi connectivity index (χ1) is 11.5. The van der Waals surface area contributed by atoms with E-state index in [1.54, 1.807) is 25.2 Å². The zero-order chi connectivity index (χ0) is 17.3. The van der Waals surface area contributed by atoms with Gasteiger partial charge in [-0.3, -0.25) is 4.79 Å². The number of methoxy groups -OCH3 is 2. The summed E-state index contributed by atoms with van der Waals surface area (Å²) < 4.78 is 24.7. The molecule has 0 spiro atoms. The fourth-order valence-corrected chi connectivity index (χ4v) is 3.38. The van der Waals surface area contributed by atoms with Crippen LogP contribution in [0.5, 0.6) is 11.5 Å². The first kappa shape index (κ1) is 16.8. The van der Waals surface area contributed by atoms with E-state index in [0.29, 0.717) is 34.6 Å². The Morgan fingerprint density at radius 3 is 2.38 bits per heavy atom. The second-order valence-electron chi connectivity index (χ2n) is 5.61. The number of rotatable bonds is 3. The van der Waals surface area contributed by atoms with Gasteiger partial charge in [0, 0.05) is 23.1 Å². The highest BCUT2D eigenvalue weighted by atomic mass is 79.9. The van der Waals surface area contributed by atoms with Crippen LogP contribution in [0.3, 0.4) is 0 Å². The summed E-state index contributed by atoms with van der Waals surface area (Å²) in [5.74, 6) is 0.705. The quantitative estimate of drug-likeness (QED) is 0.795. The van der Waals surface area contributed by atoms with Gasteiger partial charge in [-0.15, -0.1) is 0 Å². The molecule has 0 radical (unpaired) electrons. The average molecular weight is 394 g/mol. The van der Waals surface area contributed by atoms with E-state index in [4.69, 9.17) is 9.47 Å². The molecule has 126 valence electrons. The maximum absolute atomic E-state index is 13.5. The molecule has 0 bridgehead atoms. The highest BCUT2D eigenvalue weighted by molar-refractivity contribution is 9.10. The maximum atomic E-state index is 13.5. The van der Waals surface area contributed by atoms with Crippen LogP contribution < -0.4 is 9.47 Å². The van der Waals surface area contributed by atoms with E-state index in [1.165, 1.54) is 12.1 Å². The zero-order valence-corrected chi connectivity index (χ0v) is 15.0. The fourth-order valence-electron chi connectivity index (χ4n) is 2.92. The summed E-state index contributed by atoms with van der Waals surface area (Å²) in [6.45, 7) is 1.04. The molecular formula is C18H17BrFNO3. The number of hydrogen-bond acceptors (Lipinski definition) is 3. The lowest BCUT2D eigenvalue weighted by molar-refractivity contribution is 0.0734. The van der Waals surface area contributed by atoms with Gasteiger partial charge in [0.2, 0.25) is 0 Å². The molecule has 0 N–H and O–H groups in total. The third-order valence-electron chi connectivity index (χ3n) is 4.11. The maximum Gasteiger partial charge on any atom is 0.254 e. The molecule has 4 nitrogen and oxygen atoms in total. The first-order valence-electron chi connectivity index (χ1n) is 7.51. The van der Waals surface area contributed by atoms with Crippen LogP contribution in [-0.2, 0) is 13.0 Å². The van der Waals surface area contributed by atoms with E-state index in [2.05, 4.69) is 15.9 Å². The Morgan fingerprint density at radius 2 is 1.75 bits per heavy atom. The molecule has 1 aliphatic heterocycles. The number of halogens is 2. The van der Waals surface area contributed by atoms with Crippen LogP contribution in [0.15, 0.2) is 34.8 Å². The van der Waals surface area contributed by atoms with Gasteiger partial charge in [-0.1, -0.05) is 15.9 Å². The normalized spacial score (nSPS) is 13.4. The predicted octanol–water partition coefficient (Wildman–Crippen LogP) is 3.80. The van der Waals surface area contributed by atoms with Crippen LogP contribution >= 0.6 is 15.9 Å². The zero-order valence-electron chi connectivity index (χ0n) is 13.4. The van der Waals surface area contributed by atoms with Gasteiger partial charge in [-0.05, 0) is 47.9 Å². The molecule has 0 aromatic heterocycles. The number of carbonyl (C=O) groups excluding carboxylic acids is 1. The minimum Gasteiger partial charge on any atom is -0.493 e. The number of fused-ring (bicyclic) bond motifs is 1. The lowest BCUT2D eigenvalue weighted by atomic mass is 9.98. The standard InChI is InChI=1S/C18H17BrFNO3/c1-23-16-7-11-3-4-21(10-13(11)8-17(16)24-2)18(22)12-5-14(19)9-15(20)6-12/h5-9H,3-4,10H2,1-2H3. The molecule has 0 atom stereocenters. The number of carbonyl (C=O) groups is 1. The third-order valence-corrected chi connectivity index (χ3v) is 4.57. The number of amides is 1. The second-order valence-corrected chi connectivity index (χ2v) is 6.53. The fraction of sp³-hybridized carbons (Fsp3) is 0.278. The number of ether oxygens (including phenoxy) is 2. The van der Waals surface area contributed by atoms with E-state index < -0.39 is 5.82 Å². The summed E-state index contributed by atoms with van der Waals surface area (Å²) in [5, 5.41) is 0. The lowest BCUT2D eigenvalue weighted by Gasteiger charge is -2.29. The van der Waals surface area contributed by atoms with Gasteiger partial charge in [-0.25, -0.2) is 4.39 Å². The third kappa shape index (κ3) is 3.24. The summed E-state index contributed by atoms with van der Waals surface area (Å²) in [6, 6.07) is 8.08. The topological polar surface area (TPSA) is 38.8 Å². The smallest absolute Gasteiger partial charge is 0.254 e. The molecule has 1 aliphatic rings. The highest BCUT2D eigenvalue weighted by Crippen LogP contribution is 2.33. The molecule has 1 amide bonds. The van der Waals surface area contributed by atoms with Gasteiger partial charge in [0.05, 0.1) is 14.2 Å².